The second-order valence-electron chi connectivity index (χ2n) is 7.67. The molecule has 2 aromatic rings. The van der Waals surface area contributed by atoms with Crippen LogP contribution in [0.15, 0.2) is 60.7 Å². The summed E-state index contributed by atoms with van der Waals surface area (Å²) in [5.41, 5.74) is 2.34. The van der Waals surface area contributed by atoms with Gasteiger partial charge in [0.1, 0.15) is 11.5 Å². The van der Waals surface area contributed by atoms with Gasteiger partial charge in [0.05, 0.1) is 13.2 Å². The largest absolute Gasteiger partial charge is 0.494 e. The van der Waals surface area contributed by atoms with E-state index in [0.717, 1.165) is 37.6 Å². The van der Waals surface area contributed by atoms with E-state index in [2.05, 4.69) is 62.4 Å². The zero-order valence-electron chi connectivity index (χ0n) is 18.8. The lowest BCUT2D eigenvalue weighted by atomic mass is 10.1. The highest BCUT2D eigenvalue weighted by molar-refractivity contribution is 5.58. The number of unbranched alkanes of at least 4 members (excludes halogenated alkanes) is 6. The molecule has 2 aromatic carbocycles. The van der Waals surface area contributed by atoms with Crippen molar-refractivity contribution in [2.24, 2.45) is 0 Å². The topological polar surface area (TPSA) is 18.5 Å². The summed E-state index contributed by atoms with van der Waals surface area (Å²) in [7, 11) is 0. The lowest BCUT2D eigenvalue weighted by Crippen LogP contribution is -1.96. The van der Waals surface area contributed by atoms with E-state index < -0.39 is 0 Å². The highest BCUT2D eigenvalue weighted by Crippen LogP contribution is 2.16. The number of allylic oxidation sites excluding steroid dienone is 2. The van der Waals surface area contributed by atoms with Crippen molar-refractivity contribution in [3.05, 3.63) is 71.8 Å². The summed E-state index contributed by atoms with van der Waals surface area (Å²) >= 11 is 0. The second kappa shape index (κ2) is 15.4. The normalized spacial score (nSPS) is 11.4. The predicted molar refractivity (Wildman–Crippen MR) is 130 cm³/mol. The second-order valence-corrected chi connectivity index (χ2v) is 7.67. The molecule has 0 spiro atoms. The first-order chi connectivity index (χ1) is 14.8. The van der Waals surface area contributed by atoms with Crippen molar-refractivity contribution in [3.8, 4) is 11.5 Å². The van der Waals surface area contributed by atoms with Crippen LogP contribution in [-0.2, 0) is 0 Å². The average molecular weight is 407 g/mol. The van der Waals surface area contributed by atoms with Gasteiger partial charge in [-0.3, -0.25) is 0 Å². The zero-order valence-corrected chi connectivity index (χ0v) is 18.8. The van der Waals surface area contributed by atoms with E-state index in [1.165, 1.54) is 49.7 Å². The van der Waals surface area contributed by atoms with E-state index in [-0.39, 0.29) is 0 Å². The molecule has 2 nitrogen and oxygen atoms in total. The summed E-state index contributed by atoms with van der Waals surface area (Å²) < 4.78 is 11.6. The van der Waals surface area contributed by atoms with E-state index >= 15 is 0 Å². The fraction of sp³-hybridized carbons (Fsp3) is 0.429. The van der Waals surface area contributed by atoms with E-state index in [1.807, 2.05) is 24.3 Å². The summed E-state index contributed by atoms with van der Waals surface area (Å²) in [6.45, 7) is 6.06. The Morgan fingerprint density at radius 3 is 1.30 bits per heavy atom. The molecule has 0 fully saturated rings. The van der Waals surface area contributed by atoms with E-state index in [1.54, 1.807) is 0 Å². The van der Waals surface area contributed by atoms with Crippen LogP contribution in [0, 0.1) is 0 Å². The molecule has 0 atom stereocenters. The monoisotopic (exact) mass is 406 g/mol. The molecule has 0 heterocycles. The van der Waals surface area contributed by atoms with Crippen LogP contribution in [0.4, 0.5) is 0 Å². The SMILES string of the molecule is CCCCCCOc1ccc(/C=C/C=C/c2ccc(OCCCCCC)cc2)cc1. The van der Waals surface area contributed by atoms with Crippen molar-refractivity contribution in [2.45, 2.75) is 65.2 Å². The maximum Gasteiger partial charge on any atom is 0.119 e. The van der Waals surface area contributed by atoms with Crippen molar-refractivity contribution in [3.63, 3.8) is 0 Å². The molecular weight excluding hydrogens is 368 g/mol. The van der Waals surface area contributed by atoms with Crippen molar-refractivity contribution in [1.29, 1.82) is 0 Å². The van der Waals surface area contributed by atoms with Crippen molar-refractivity contribution >= 4 is 12.2 Å². The van der Waals surface area contributed by atoms with Gasteiger partial charge in [-0.15, -0.1) is 0 Å². The maximum atomic E-state index is 5.79. The number of hydrogen-bond acceptors (Lipinski definition) is 2. The molecule has 0 radical (unpaired) electrons. The Hall–Kier alpha value is -2.48. The van der Waals surface area contributed by atoms with Gasteiger partial charge >= 0.3 is 0 Å². The van der Waals surface area contributed by atoms with Gasteiger partial charge in [-0.25, -0.2) is 0 Å². The molecule has 2 heteroatoms. The summed E-state index contributed by atoms with van der Waals surface area (Å²) in [6.07, 6.45) is 18.2. The Kier molecular flexibility index (Phi) is 12.2. The molecule has 30 heavy (non-hydrogen) atoms. The lowest BCUT2D eigenvalue weighted by molar-refractivity contribution is 0.305. The first-order valence-electron chi connectivity index (χ1n) is 11.6. The molecule has 0 aliphatic heterocycles. The van der Waals surface area contributed by atoms with Crippen molar-refractivity contribution < 1.29 is 9.47 Å². The van der Waals surface area contributed by atoms with E-state index in [9.17, 15) is 0 Å². The molecule has 0 N–H and O–H groups in total. The van der Waals surface area contributed by atoms with Gasteiger partial charge in [0.15, 0.2) is 0 Å². The summed E-state index contributed by atoms with van der Waals surface area (Å²) in [4.78, 5) is 0. The number of benzene rings is 2. The fourth-order valence-electron chi connectivity index (χ4n) is 3.12. The Bertz CT molecular complexity index is 661. The molecule has 162 valence electrons. The molecule has 2 rings (SSSR count). The number of hydrogen-bond donors (Lipinski definition) is 0. The van der Waals surface area contributed by atoms with Crippen LogP contribution >= 0.6 is 0 Å². The van der Waals surface area contributed by atoms with Gasteiger partial charge < -0.3 is 9.47 Å². The minimum Gasteiger partial charge on any atom is -0.494 e. The van der Waals surface area contributed by atoms with Crippen molar-refractivity contribution in [2.75, 3.05) is 13.2 Å². The van der Waals surface area contributed by atoms with Gasteiger partial charge in [-0.1, -0.05) is 101 Å². The smallest absolute Gasteiger partial charge is 0.119 e. The summed E-state index contributed by atoms with van der Waals surface area (Å²) in [5, 5.41) is 0. The predicted octanol–water partition coefficient (Wildman–Crippen LogP) is 8.33. The van der Waals surface area contributed by atoms with Gasteiger partial charge in [0.2, 0.25) is 0 Å². The van der Waals surface area contributed by atoms with Crippen LogP contribution in [0.3, 0.4) is 0 Å². The molecule has 0 aliphatic carbocycles. The molecule has 0 saturated carbocycles. The Balaban J connectivity index is 1.70. The standard InChI is InChI=1S/C28H38O2/c1-3-5-7-11-23-29-27-19-15-25(16-20-27)13-9-10-14-26-17-21-28(22-18-26)30-24-12-8-6-4-2/h9-10,13-22H,3-8,11-12,23-24H2,1-2H3/b13-9+,14-10+. The fourth-order valence-corrected chi connectivity index (χ4v) is 3.12. The quantitative estimate of drug-likeness (QED) is 0.219. The maximum absolute atomic E-state index is 5.79. The Labute approximate surface area is 183 Å². The zero-order chi connectivity index (χ0) is 21.3. The molecule has 0 saturated heterocycles. The minimum absolute atomic E-state index is 0.806. The number of rotatable bonds is 15. The lowest BCUT2D eigenvalue weighted by Gasteiger charge is -2.06. The average Bonchev–Trinajstić information content (AvgIpc) is 2.78. The van der Waals surface area contributed by atoms with E-state index in [4.69, 9.17) is 9.47 Å². The minimum atomic E-state index is 0.806. The third kappa shape index (κ3) is 10.3. The van der Waals surface area contributed by atoms with Gasteiger partial charge in [0.25, 0.3) is 0 Å². The van der Waals surface area contributed by atoms with Crippen LogP contribution in [-0.4, -0.2) is 13.2 Å². The van der Waals surface area contributed by atoms with Crippen LogP contribution in [0.2, 0.25) is 0 Å². The Morgan fingerprint density at radius 2 is 0.933 bits per heavy atom. The van der Waals surface area contributed by atoms with Crippen molar-refractivity contribution in [1.82, 2.24) is 0 Å². The summed E-state index contributed by atoms with van der Waals surface area (Å²) in [6, 6.07) is 16.6. The van der Waals surface area contributed by atoms with Crippen LogP contribution in [0.25, 0.3) is 12.2 Å². The number of ether oxygens (including phenoxy) is 2. The highest BCUT2D eigenvalue weighted by Gasteiger charge is 1.95. The van der Waals surface area contributed by atoms with Gasteiger partial charge in [-0.2, -0.15) is 0 Å². The molecule has 0 amide bonds. The van der Waals surface area contributed by atoms with Crippen LogP contribution in [0.1, 0.15) is 76.3 Å². The first-order valence-corrected chi connectivity index (χ1v) is 11.6. The Morgan fingerprint density at radius 1 is 0.533 bits per heavy atom. The summed E-state index contributed by atoms with van der Waals surface area (Å²) in [5.74, 6) is 1.90. The van der Waals surface area contributed by atoms with E-state index in [0.29, 0.717) is 0 Å². The molecule has 0 aliphatic rings. The molecule has 0 bridgehead atoms. The first kappa shape index (κ1) is 23.8. The molecule has 0 aromatic heterocycles. The van der Waals surface area contributed by atoms with Crippen LogP contribution in [0.5, 0.6) is 11.5 Å². The molecule has 0 unspecified atom stereocenters. The third-order valence-electron chi connectivity index (χ3n) is 4.98. The van der Waals surface area contributed by atoms with Gasteiger partial charge in [0, 0.05) is 0 Å². The van der Waals surface area contributed by atoms with Crippen LogP contribution < -0.4 is 9.47 Å². The highest BCUT2D eigenvalue weighted by atomic mass is 16.5. The van der Waals surface area contributed by atoms with Gasteiger partial charge in [-0.05, 0) is 48.2 Å². The third-order valence-corrected chi connectivity index (χ3v) is 4.98. The molecular formula is C28H38O2.